The highest BCUT2D eigenvalue weighted by atomic mass is 35.5. The van der Waals surface area contributed by atoms with Gasteiger partial charge in [0.05, 0.1) is 10.6 Å². The Kier molecular flexibility index (Phi) is 11.0. The van der Waals surface area contributed by atoms with Gasteiger partial charge in [-0.05, 0) is 66.1 Å². The Labute approximate surface area is 278 Å². The highest BCUT2D eigenvalue weighted by molar-refractivity contribution is 7.92. The summed E-state index contributed by atoms with van der Waals surface area (Å²) in [5.74, 6) is -0.957. The number of nitrogens with one attached hydrogen (secondary N) is 1. The van der Waals surface area contributed by atoms with Crippen LogP contribution in [0.25, 0.3) is 0 Å². The van der Waals surface area contributed by atoms with Gasteiger partial charge < -0.3 is 19.7 Å². The normalized spacial score (nSPS) is 13.0. The lowest BCUT2D eigenvalue weighted by molar-refractivity contribution is -0.140. The molecule has 0 aliphatic carbocycles. The van der Waals surface area contributed by atoms with Crippen molar-refractivity contribution in [2.75, 3.05) is 30.6 Å². The predicted octanol–water partition coefficient (Wildman–Crippen LogP) is 5.61. The molecule has 1 aliphatic rings. The summed E-state index contributed by atoms with van der Waals surface area (Å²) in [6, 6.07) is 24.2. The first-order valence-corrected chi connectivity index (χ1v) is 17.0. The minimum absolute atomic E-state index is 0.0300. The number of halogens is 2. The summed E-state index contributed by atoms with van der Waals surface area (Å²) in [4.78, 5) is 29.4. The van der Waals surface area contributed by atoms with Crippen LogP contribution in [-0.2, 0) is 32.6 Å². The molecule has 1 aliphatic heterocycles. The number of rotatable bonds is 13. The second kappa shape index (κ2) is 15.3. The zero-order valence-electron chi connectivity index (χ0n) is 25.8. The van der Waals surface area contributed by atoms with Crippen molar-refractivity contribution in [3.8, 4) is 11.5 Å². The Balaban J connectivity index is 1.57. The van der Waals surface area contributed by atoms with E-state index in [9.17, 15) is 22.4 Å². The molecule has 0 aromatic heterocycles. The first-order chi connectivity index (χ1) is 22.7. The van der Waals surface area contributed by atoms with E-state index in [1.807, 2.05) is 37.3 Å². The number of anilines is 1. The van der Waals surface area contributed by atoms with E-state index in [0.29, 0.717) is 35.9 Å². The molecule has 4 aromatic carbocycles. The molecule has 0 fully saturated rings. The van der Waals surface area contributed by atoms with E-state index in [-0.39, 0.29) is 41.8 Å². The van der Waals surface area contributed by atoms with Gasteiger partial charge in [-0.25, -0.2) is 12.8 Å². The number of hydrogen-bond acceptors (Lipinski definition) is 6. The number of benzene rings is 4. The quantitative estimate of drug-likeness (QED) is 0.197. The van der Waals surface area contributed by atoms with Gasteiger partial charge in [0.15, 0.2) is 11.5 Å². The summed E-state index contributed by atoms with van der Waals surface area (Å²) in [6.45, 7) is 2.17. The zero-order valence-corrected chi connectivity index (χ0v) is 27.3. The van der Waals surface area contributed by atoms with Crippen molar-refractivity contribution in [1.29, 1.82) is 0 Å². The van der Waals surface area contributed by atoms with Gasteiger partial charge in [-0.15, -0.1) is 0 Å². The van der Waals surface area contributed by atoms with E-state index in [1.165, 1.54) is 35.2 Å². The SMILES string of the molecule is CCCNC(=O)[C@@H](Cc1ccccc1)N(Cc1cccc(Cl)c1)C(=O)CN(c1ccc(F)cc1)S(=O)(=O)c1ccc2c(c1)OCCO2. The van der Waals surface area contributed by atoms with Crippen LogP contribution in [0.15, 0.2) is 102 Å². The van der Waals surface area contributed by atoms with Crippen molar-refractivity contribution in [1.82, 2.24) is 10.2 Å². The van der Waals surface area contributed by atoms with E-state index in [0.717, 1.165) is 22.0 Å². The molecule has 1 heterocycles. The number of nitrogens with zero attached hydrogens (tertiary/aromatic N) is 2. The fraction of sp³-hybridized carbons (Fsp3) is 0.257. The molecule has 12 heteroatoms. The van der Waals surface area contributed by atoms with E-state index in [4.69, 9.17) is 21.1 Å². The minimum Gasteiger partial charge on any atom is -0.486 e. The molecule has 2 amide bonds. The Morgan fingerprint density at radius 2 is 1.60 bits per heavy atom. The maximum absolute atomic E-state index is 14.5. The molecule has 0 unspecified atom stereocenters. The average molecular weight is 680 g/mol. The average Bonchev–Trinajstić information content (AvgIpc) is 3.08. The third kappa shape index (κ3) is 8.41. The van der Waals surface area contributed by atoms with Gasteiger partial charge >= 0.3 is 0 Å². The number of carbonyl (C=O) groups is 2. The number of amides is 2. The lowest BCUT2D eigenvalue weighted by Gasteiger charge is -2.34. The smallest absolute Gasteiger partial charge is 0.264 e. The molecule has 5 rings (SSSR count). The van der Waals surface area contributed by atoms with Crippen LogP contribution in [0.5, 0.6) is 11.5 Å². The molecular weight excluding hydrogens is 645 g/mol. The number of carbonyl (C=O) groups excluding carboxylic acids is 2. The molecule has 0 saturated carbocycles. The summed E-state index contributed by atoms with van der Waals surface area (Å²) < 4.78 is 54.6. The summed E-state index contributed by atoms with van der Waals surface area (Å²) in [6.07, 6.45) is 0.853. The number of ether oxygens (including phenoxy) is 2. The van der Waals surface area contributed by atoms with Crippen LogP contribution in [0, 0.1) is 5.82 Å². The second-order valence-electron chi connectivity index (χ2n) is 10.9. The lowest BCUT2D eigenvalue weighted by atomic mass is 10.0. The van der Waals surface area contributed by atoms with Crippen molar-refractivity contribution in [2.45, 2.75) is 37.2 Å². The summed E-state index contributed by atoms with van der Waals surface area (Å²) in [5, 5.41) is 3.35. The van der Waals surface area contributed by atoms with Crippen molar-refractivity contribution in [3.63, 3.8) is 0 Å². The van der Waals surface area contributed by atoms with Gasteiger partial charge in [0.2, 0.25) is 11.8 Å². The van der Waals surface area contributed by atoms with Gasteiger partial charge in [0.25, 0.3) is 10.0 Å². The number of hydrogen-bond donors (Lipinski definition) is 1. The standard InChI is InChI=1S/C35H35ClFN3O6S/c1-2-17-38-35(42)31(21-25-7-4-3-5-8-25)39(23-26-9-6-10-27(36)20-26)34(41)24-40(29-13-11-28(37)12-14-29)47(43,44)30-15-16-32-33(22-30)46-19-18-45-32/h3-16,20,22,31H,2,17-19,21,23-24H2,1H3,(H,38,42)/t31-/m1/s1. The van der Waals surface area contributed by atoms with Crippen LogP contribution in [0.3, 0.4) is 0 Å². The van der Waals surface area contributed by atoms with Crippen LogP contribution in [-0.4, -0.2) is 57.5 Å². The lowest BCUT2D eigenvalue weighted by Crippen LogP contribution is -2.53. The third-order valence-corrected chi connectivity index (χ3v) is 9.56. The van der Waals surface area contributed by atoms with Gasteiger partial charge in [0.1, 0.15) is 31.6 Å². The Hall–Kier alpha value is -4.61. The maximum Gasteiger partial charge on any atom is 0.264 e. The van der Waals surface area contributed by atoms with Crippen molar-refractivity contribution in [2.24, 2.45) is 0 Å². The zero-order chi connectivity index (χ0) is 33.4. The molecule has 0 spiro atoms. The molecule has 9 nitrogen and oxygen atoms in total. The van der Waals surface area contributed by atoms with Crippen molar-refractivity contribution >= 4 is 39.1 Å². The fourth-order valence-corrected chi connectivity index (χ4v) is 6.84. The molecular formula is C35H35ClFN3O6S. The first-order valence-electron chi connectivity index (χ1n) is 15.2. The third-order valence-electron chi connectivity index (χ3n) is 7.56. The Morgan fingerprint density at radius 3 is 2.30 bits per heavy atom. The molecule has 0 radical (unpaired) electrons. The van der Waals surface area contributed by atoms with E-state index in [1.54, 1.807) is 24.3 Å². The van der Waals surface area contributed by atoms with Crippen LogP contribution in [0.4, 0.5) is 10.1 Å². The van der Waals surface area contributed by atoms with E-state index in [2.05, 4.69) is 5.32 Å². The predicted molar refractivity (Wildman–Crippen MR) is 178 cm³/mol. The largest absolute Gasteiger partial charge is 0.486 e. The van der Waals surface area contributed by atoms with Gasteiger partial charge in [-0.3, -0.25) is 13.9 Å². The van der Waals surface area contributed by atoms with Gasteiger partial charge in [-0.1, -0.05) is 61.0 Å². The van der Waals surface area contributed by atoms with Crippen LogP contribution in [0.2, 0.25) is 5.02 Å². The first kappa shape index (κ1) is 33.7. The van der Waals surface area contributed by atoms with Crippen LogP contribution >= 0.6 is 11.6 Å². The van der Waals surface area contributed by atoms with Crippen LogP contribution in [0.1, 0.15) is 24.5 Å². The molecule has 47 heavy (non-hydrogen) atoms. The van der Waals surface area contributed by atoms with Crippen molar-refractivity contribution in [3.05, 3.63) is 119 Å². The fourth-order valence-electron chi connectivity index (χ4n) is 5.20. The molecule has 1 N–H and O–H groups in total. The van der Waals surface area contributed by atoms with Crippen LogP contribution < -0.4 is 19.1 Å². The summed E-state index contributed by atoms with van der Waals surface area (Å²) >= 11 is 6.28. The Bertz CT molecular complexity index is 1810. The molecule has 0 saturated heterocycles. The summed E-state index contributed by atoms with van der Waals surface area (Å²) in [5.41, 5.74) is 1.52. The molecule has 246 valence electrons. The Morgan fingerprint density at radius 1 is 0.894 bits per heavy atom. The maximum atomic E-state index is 14.5. The monoisotopic (exact) mass is 679 g/mol. The highest BCUT2D eigenvalue weighted by Crippen LogP contribution is 2.34. The van der Waals surface area contributed by atoms with E-state index >= 15 is 0 Å². The topological polar surface area (TPSA) is 105 Å². The molecule has 4 aromatic rings. The minimum atomic E-state index is -4.42. The van der Waals surface area contributed by atoms with Gasteiger partial charge in [-0.2, -0.15) is 0 Å². The molecule has 1 atom stereocenters. The highest BCUT2D eigenvalue weighted by Gasteiger charge is 2.35. The number of fused-ring (bicyclic) bond motifs is 1. The summed E-state index contributed by atoms with van der Waals surface area (Å²) in [7, 11) is -4.42. The van der Waals surface area contributed by atoms with E-state index < -0.39 is 34.3 Å². The molecule has 0 bridgehead atoms. The van der Waals surface area contributed by atoms with Gasteiger partial charge in [0, 0.05) is 30.6 Å². The van der Waals surface area contributed by atoms with Crippen molar-refractivity contribution < 1.29 is 31.9 Å². The number of sulfonamides is 1. The second-order valence-corrected chi connectivity index (χ2v) is 13.2.